The number of benzene rings is 3. The molecule has 0 unspecified atom stereocenters. The fourth-order valence-electron chi connectivity index (χ4n) is 3.28. The highest BCUT2D eigenvalue weighted by molar-refractivity contribution is 5.85. The van der Waals surface area contributed by atoms with Crippen molar-refractivity contribution in [3.63, 3.8) is 0 Å². The first-order valence-corrected chi connectivity index (χ1v) is 9.63. The molecule has 0 saturated heterocycles. The molecule has 0 aliphatic carbocycles. The van der Waals surface area contributed by atoms with Gasteiger partial charge in [-0.3, -0.25) is 9.89 Å². The highest BCUT2D eigenvalue weighted by Gasteiger charge is 2.11. The quantitative estimate of drug-likeness (QED) is 0.438. The van der Waals surface area contributed by atoms with Crippen LogP contribution in [0.4, 0.5) is 4.39 Å². The van der Waals surface area contributed by atoms with Gasteiger partial charge in [0.1, 0.15) is 18.2 Å². The average Bonchev–Trinajstić information content (AvgIpc) is 3.25. The zero-order chi connectivity index (χ0) is 20.9. The van der Waals surface area contributed by atoms with E-state index >= 15 is 0 Å². The largest absolute Gasteiger partial charge is 0.488 e. The van der Waals surface area contributed by atoms with Gasteiger partial charge in [-0.25, -0.2) is 4.39 Å². The summed E-state index contributed by atoms with van der Waals surface area (Å²) in [5.41, 5.74) is 4.74. The van der Waals surface area contributed by atoms with Gasteiger partial charge in [-0.05, 0) is 59.5 Å². The normalized spacial score (nSPS) is 10.9. The van der Waals surface area contributed by atoms with E-state index in [9.17, 15) is 9.18 Å². The molecule has 0 aliphatic heterocycles. The molecule has 0 aliphatic rings. The summed E-state index contributed by atoms with van der Waals surface area (Å²) in [5, 5.41) is 8.03. The van der Waals surface area contributed by atoms with Crippen molar-refractivity contribution in [3.05, 3.63) is 83.8 Å². The predicted octanol–water partition coefficient (Wildman–Crippen LogP) is 5.05. The van der Waals surface area contributed by atoms with Gasteiger partial charge in [-0.1, -0.05) is 24.3 Å². The van der Waals surface area contributed by atoms with Crippen LogP contribution in [0.25, 0.3) is 22.0 Å². The molecular formula is C24H21FN2O3. The Morgan fingerprint density at radius 1 is 1.03 bits per heavy atom. The standard InChI is InChI=1S/C24H21FN2O3/c1-29-24(28)11-5-16-4-10-23(30-15-17-2-7-20(25)8-3-17)21(12-16)18-6-9-22-19(13-18)14-26-27-22/h2-4,6-10,12-14H,5,11,15H2,1H3,(H,26,27). The number of aromatic amines is 1. The van der Waals surface area contributed by atoms with Crippen molar-refractivity contribution in [1.82, 2.24) is 10.2 Å². The molecular weight excluding hydrogens is 383 g/mol. The van der Waals surface area contributed by atoms with Crippen molar-refractivity contribution >= 4 is 16.9 Å². The monoisotopic (exact) mass is 404 g/mol. The number of methoxy groups -OCH3 is 1. The Kier molecular flexibility index (Phi) is 5.75. The highest BCUT2D eigenvalue weighted by Crippen LogP contribution is 2.33. The third-order valence-electron chi connectivity index (χ3n) is 4.95. The van der Waals surface area contributed by atoms with Crippen LogP contribution in [0.15, 0.2) is 66.9 Å². The maximum atomic E-state index is 13.2. The number of aromatic nitrogens is 2. The number of nitrogens with one attached hydrogen (secondary N) is 1. The van der Waals surface area contributed by atoms with E-state index in [2.05, 4.69) is 10.2 Å². The number of halogens is 1. The summed E-state index contributed by atoms with van der Waals surface area (Å²) in [4.78, 5) is 11.5. The maximum Gasteiger partial charge on any atom is 0.305 e. The van der Waals surface area contributed by atoms with Crippen LogP contribution >= 0.6 is 0 Å². The smallest absolute Gasteiger partial charge is 0.305 e. The lowest BCUT2D eigenvalue weighted by atomic mass is 9.99. The number of hydrogen-bond acceptors (Lipinski definition) is 4. The fraction of sp³-hybridized carbons (Fsp3) is 0.167. The van der Waals surface area contributed by atoms with Gasteiger partial charge in [0.2, 0.25) is 0 Å². The Hall–Kier alpha value is -3.67. The van der Waals surface area contributed by atoms with Gasteiger partial charge in [0, 0.05) is 17.4 Å². The second-order valence-corrected chi connectivity index (χ2v) is 6.99. The first kappa shape index (κ1) is 19.6. The summed E-state index contributed by atoms with van der Waals surface area (Å²) in [5.74, 6) is 0.194. The van der Waals surface area contributed by atoms with Crippen LogP contribution in [0.2, 0.25) is 0 Å². The number of H-pyrrole nitrogens is 1. The zero-order valence-electron chi connectivity index (χ0n) is 16.5. The number of carbonyl (C=O) groups excluding carboxylic acids is 1. The maximum absolute atomic E-state index is 13.2. The lowest BCUT2D eigenvalue weighted by molar-refractivity contribution is -0.140. The highest BCUT2D eigenvalue weighted by atomic mass is 19.1. The number of ether oxygens (including phenoxy) is 2. The topological polar surface area (TPSA) is 64.2 Å². The molecule has 0 spiro atoms. The summed E-state index contributed by atoms with van der Waals surface area (Å²) in [6.45, 7) is 0.322. The van der Waals surface area contributed by atoms with Crippen LogP contribution in [-0.4, -0.2) is 23.3 Å². The predicted molar refractivity (Wildman–Crippen MR) is 113 cm³/mol. The van der Waals surface area contributed by atoms with Crippen molar-refractivity contribution in [2.24, 2.45) is 0 Å². The van der Waals surface area contributed by atoms with Crippen LogP contribution in [0.5, 0.6) is 5.75 Å². The van der Waals surface area contributed by atoms with E-state index < -0.39 is 0 Å². The van der Waals surface area contributed by atoms with E-state index in [4.69, 9.17) is 9.47 Å². The van der Waals surface area contributed by atoms with Crippen LogP contribution < -0.4 is 4.74 Å². The van der Waals surface area contributed by atoms with E-state index in [-0.39, 0.29) is 11.8 Å². The number of hydrogen-bond donors (Lipinski definition) is 1. The molecule has 5 nitrogen and oxygen atoms in total. The van der Waals surface area contributed by atoms with Crippen molar-refractivity contribution in [3.8, 4) is 16.9 Å². The molecule has 0 amide bonds. The Morgan fingerprint density at radius 3 is 2.63 bits per heavy atom. The first-order chi connectivity index (χ1) is 14.6. The Balaban J connectivity index is 1.64. The molecule has 0 saturated carbocycles. The van der Waals surface area contributed by atoms with E-state index in [1.165, 1.54) is 19.2 Å². The fourth-order valence-corrected chi connectivity index (χ4v) is 3.28. The number of nitrogens with zero attached hydrogens (tertiary/aromatic N) is 1. The van der Waals surface area contributed by atoms with Gasteiger partial charge < -0.3 is 9.47 Å². The minimum atomic E-state index is -0.275. The van der Waals surface area contributed by atoms with Crippen LogP contribution in [0.3, 0.4) is 0 Å². The summed E-state index contributed by atoms with van der Waals surface area (Å²) in [7, 11) is 1.39. The van der Waals surface area contributed by atoms with Crippen LogP contribution in [0.1, 0.15) is 17.5 Å². The molecule has 152 valence electrons. The van der Waals surface area contributed by atoms with E-state index in [0.717, 1.165) is 33.2 Å². The second kappa shape index (κ2) is 8.78. The number of fused-ring (bicyclic) bond motifs is 1. The number of carbonyl (C=O) groups is 1. The SMILES string of the molecule is COC(=O)CCc1ccc(OCc2ccc(F)cc2)c(-c2ccc3[nH]ncc3c2)c1. The third kappa shape index (κ3) is 4.49. The van der Waals surface area contributed by atoms with Gasteiger partial charge in [-0.2, -0.15) is 5.10 Å². The molecule has 3 aromatic carbocycles. The van der Waals surface area contributed by atoms with Crippen molar-refractivity contribution < 1.29 is 18.7 Å². The van der Waals surface area contributed by atoms with Gasteiger partial charge in [0.05, 0.1) is 18.8 Å². The Bertz CT molecular complexity index is 1170. The Morgan fingerprint density at radius 2 is 1.83 bits per heavy atom. The van der Waals surface area contributed by atoms with Gasteiger partial charge >= 0.3 is 5.97 Å². The van der Waals surface area contributed by atoms with Gasteiger partial charge in [0.25, 0.3) is 0 Å². The molecule has 4 rings (SSSR count). The van der Waals surface area contributed by atoms with Crippen molar-refractivity contribution in [1.29, 1.82) is 0 Å². The summed E-state index contributed by atoms with van der Waals surface area (Å²) >= 11 is 0. The molecule has 6 heteroatoms. The van der Waals surface area contributed by atoms with E-state index in [0.29, 0.717) is 25.2 Å². The third-order valence-corrected chi connectivity index (χ3v) is 4.95. The number of esters is 1. The summed E-state index contributed by atoms with van der Waals surface area (Å²) < 4.78 is 24.0. The van der Waals surface area contributed by atoms with Crippen molar-refractivity contribution in [2.45, 2.75) is 19.4 Å². The number of rotatable bonds is 7. The molecule has 0 atom stereocenters. The molecule has 30 heavy (non-hydrogen) atoms. The minimum absolute atomic E-state index is 0.243. The second-order valence-electron chi connectivity index (χ2n) is 6.99. The van der Waals surface area contributed by atoms with Crippen LogP contribution in [-0.2, 0) is 22.6 Å². The molecule has 0 bridgehead atoms. The summed E-state index contributed by atoms with van der Waals surface area (Å²) in [6, 6.07) is 18.2. The molecule has 1 aromatic heterocycles. The Labute approximate surface area is 173 Å². The zero-order valence-corrected chi connectivity index (χ0v) is 16.5. The lowest BCUT2D eigenvalue weighted by Crippen LogP contribution is -2.02. The molecule has 0 fully saturated rings. The molecule has 0 radical (unpaired) electrons. The first-order valence-electron chi connectivity index (χ1n) is 9.63. The van der Waals surface area contributed by atoms with E-state index in [1.807, 2.05) is 36.4 Å². The molecule has 1 N–H and O–H groups in total. The lowest BCUT2D eigenvalue weighted by Gasteiger charge is -2.14. The van der Waals surface area contributed by atoms with Crippen LogP contribution in [0, 0.1) is 5.82 Å². The van der Waals surface area contributed by atoms with Gasteiger partial charge in [-0.15, -0.1) is 0 Å². The van der Waals surface area contributed by atoms with E-state index in [1.54, 1.807) is 18.3 Å². The summed E-state index contributed by atoms with van der Waals surface area (Å²) in [6.07, 6.45) is 2.66. The average molecular weight is 404 g/mol. The molecule has 1 heterocycles. The van der Waals surface area contributed by atoms with Gasteiger partial charge in [0.15, 0.2) is 0 Å². The minimum Gasteiger partial charge on any atom is -0.488 e. The number of aryl methyl sites for hydroxylation is 1. The van der Waals surface area contributed by atoms with Crippen molar-refractivity contribution in [2.75, 3.05) is 7.11 Å². The molecule has 4 aromatic rings.